The van der Waals surface area contributed by atoms with Crippen molar-refractivity contribution < 1.29 is 4.74 Å². The van der Waals surface area contributed by atoms with Crippen LogP contribution < -0.4 is 5.32 Å². The average molecular weight is 254 g/mol. The van der Waals surface area contributed by atoms with Gasteiger partial charge in [-0.05, 0) is 51.6 Å². The van der Waals surface area contributed by atoms with Gasteiger partial charge in [-0.2, -0.15) is 0 Å². The molecule has 0 aromatic heterocycles. The first-order valence-electron chi connectivity index (χ1n) is 7.74. The molecule has 3 atom stereocenters. The van der Waals surface area contributed by atoms with E-state index in [2.05, 4.69) is 31.0 Å². The van der Waals surface area contributed by atoms with E-state index in [0.29, 0.717) is 18.2 Å². The zero-order chi connectivity index (χ0) is 13.0. The van der Waals surface area contributed by atoms with E-state index in [1.54, 1.807) is 0 Å². The Morgan fingerprint density at radius 3 is 2.78 bits per heavy atom. The van der Waals surface area contributed by atoms with Gasteiger partial charge in [-0.1, -0.05) is 13.8 Å². The molecule has 2 aliphatic heterocycles. The number of nitrogens with one attached hydrogen (secondary N) is 1. The van der Waals surface area contributed by atoms with Gasteiger partial charge in [-0.3, -0.25) is 0 Å². The number of piperidine rings is 1. The molecule has 2 heterocycles. The van der Waals surface area contributed by atoms with Crippen LogP contribution in [0, 0.1) is 5.92 Å². The van der Waals surface area contributed by atoms with Crippen molar-refractivity contribution in [3.05, 3.63) is 0 Å². The highest BCUT2D eigenvalue weighted by atomic mass is 16.5. The molecule has 2 fully saturated rings. The highest BCUT2D eigenvalue weighted by Gasteiger charge is 2.26. The molecular formula is C15H30N2O. The number of ether oxygens (including phenoxy) is 1. The summed E-state index contributed by atoms with van der Waals surface area (Å²) in [5.41, 5.74) is 0. The van der Waals surface area contributed by atoms with Gasteiger partial charge < -0.3 is 15.0 Å². The summed E-state index contributed by atoms with van der Waals surface area (Å²) in [6.07, 6.45) is 6.23. The normalized spacial score (nSPS) is 34.3. The molecule has 3 heteroatoms. The maximum absolute atomic E-state index is 5.94. The molecular weight excluding hydrogens is 224 g/mol. The monoisotopic (exact) mass is 254 g/mol. The number of hydrogen-bond donors (Lipinski definition) is 1. The first kappa shape index (κ1) is 14.3. The minimum Gasteiger partial charge on any atom is -0.374 e. The molecule has 2 rings (SSSR count). The predicted octanol–water partition coefficient (Wildman–Crippen LogP) is 2.26. The number of likely N-dealkylation sites (tertiary alicyclic amines) is 1. The van der Waals surface area contributed by atoms with E-state index in [-0.39, 0.29) is 0 Å². The lowest BCUT2D eigenvalue weighted by Gasteiger charge is -2.34. The lowest BCUT2D eigenvalue weighted by atomic mass is 9.97. The Balaban J connectivity index is 1.69. The van der Waals surface area contributed by atoms with Gasteiger partial charge in [-0.25, -0.2) is 0 Å². The molecule has 0 aromatic carbocycles. The molecule has 0 spiro atoms. The summed E-state index contributed by atoms with van der Waals surface area (Å²) < 4.78 is 5.94. The third kappa shape index (κ3) is 4.52. The van der Waals surface area contributed by atoms with Crippen LogP contribution in [0.2, 0.25) is 0 Å². The molecule has 0 amide bonds. The lowest BCUT2D eigenvalue weighted by Crippen LogP contribution is -2.43. The highest BCUT2D eigenvalue weighted by molar-refractivity contribution is 4.80. The second-order valence-electron chi connectivity index (χ2n) is 6.48. The van der Waals surface area contributed by atoms with Crippen LogP contribution in [0.15, 0.2) is 0 Å². The summed E-state index contributed by atoms with van der Waals surface area (Å²) in [7, 11) is 0. The fraction of sp³-hybridized carbons (Fsp3) is 1.00. The number of rotatable bonds is 5. The van der Waals surface area contributed by atoms with Crippen molar-refractivity contribution in [2.75, 3.05) is 26.2 Å². The topological polar surface area (TPSA) is 24.5 Å². The second kappa shape index (κ2) is 6.88. The van der Waals surface area contributed by atoms with Crippen LogP contribution in [0.4, 0.5) is 0 Å². The van der Waals surface area contributed by atoms with Crippen LogP contribution in [-0.4, -0.2) is 49.3 Å². The fourth-order valence-electron chi connectivity index (χ4n) is 3.19. The smallest absolute Gasteiger partial charge is 0.0706 e. The summed E-state index contributed by atoms with van der Waals surface area (Å²) in [5.74, 6) is 0.833. The zero-order valence-corrected chi connectivity index (χ0v) is 12.3. The third-order valence-corrected chi connectivity index (χ3v) is 4.20. The molecule has 3 unspecified atom stereocenters. The molecule has 0 aromatic rings. The maximum Gasteiger partial charge on any atom is 0.0706 e. The van der Waals surface area contributed by atoms with Gasteiger partial charge in [0.1, 0.15) is 0 Å². The molecule has 0 aliphatic carbocycles. The molecule has 0 radical (unpaired) electrons. The summed E-state index contributed by atoms with van der Waals surface area (Å²) in [4.78, 5) is 2.62. The maximum atomic E-state index is 5.94. The van der Waals surface area contributed by atoms with Crippen molar-refractivity contribution >= 4 is 0 Å². The molecule has 3 nitrogen and oxygen atoms in total. The summed E-state index contributed by atoms with van der Waals surface area (Å²) >= 11 is 0. The van der Waals surface area contributed by atoms with E-state index >= 15 is 0 Å². The van der Waals surface area contributed by atoms with Crippen molar-refractivity contribution in [2.45, 2.75) is 64.7 Å². The Hall–Kier alpha value is -0.120. The molecule has 1 N–H and O–H groups in total. The first-order chi connectivity index (χ1) is 8.63. The Bertz CT molecular complexity index is 245. The van der Waals surface area contributed by atoms with E-state index in [0.717, 1.165) is 12.5 Å². The Labute approximate surface area is 112 Å². The minimum atomic E-state index is 0.484. The number of nitrogens with zero attached hydrogens (tertiary/aromatic N) is 1. The Morgan fingerprint density at radius 1 is 1.28 bits per heavy atom. The largest absolute Gasteiger partial charge is 0.374 e. The number of hydrogen-bond acceptors (Lipinski definition) is 3. The van der Waals surface area contributed by atoms with Gasteiger partial charge in [0.2, 0.25) is 0 Å². The van der Waals surface area contributed by atoms with E-state index in [4.69, 9.17) is 4.74 Å². The first-order valence-corrected chi connectivity index (χ1v) is 7.74. The van der Waals surface area contributed by atoms with Crippen molar-refractivity contribution in [3.8, 4) is 0 Å². The van der Waals surface area contributed by atoms with Gasteiger partial charge in [0.15, 0.2) is 0 Å². The van der Waals surface area contributed by atoms with Gasteiger partial charge >= 0.3 is 0 Å². The Kier molecular flexibility index (Phi) is 5.46. The lowest BCUT2D eigenvalue weighted by molar-refractivity contribution is 0.0218. The SMILES string of the molecule is CC(C)NCC1CCCN(CC2CCC(C)O2)C1. The summed E-state index contributed by atoms with van der Waals surface area (Å²) in [5, 5.41) is 3.58. The van der Waals surface area contributed by atoms with Crippen molar-refractivity contribution in [3.63, 3.8) is 0 Å². The molecule has 18 heavy (non-hydrogen) atoms. The van der Waals surface area contributed by atoms with Crippen LogP contribution in [0.1, 0.15) is 46.5 Å². The fourth-order valence-corrected chi connectivity index (χ4v) is 3.19. The standard InChI is InChI=1S/C15H30N2O/c1-12(2)16-9-14-5-4-8-17(10-14)11-15-7-6-13(3)18-15/h12-16H,4-11H2,1-3H3. The molecule has 0 saturated carbocycles. The van der Waals surface area contributed by atoms with E-state index < -0.39 is 0 Å². The van der Waals surface area contributed by atoms with Crippen LogP contribution in [0.5, 0.6) is 0 Å². The van der Waals surface area contributed by atoms with E-state index in [1.165, 1.54) is 45.3 Å². The molecule has 106 valence electrons. The van der Waals surface area contributed by atoms with Crippen molar-refractivity contribution in [1.29, 1.82) is 0 Å². The van der Waals surface area contributed by atoms with E-state index in [1.807, 2.05) is 0 Å². The van der Waals surface area contributed by atoms with Gasteiger partial charge in [0.05, 0.1) is 12.2 Å². The average Bonchev–Trinajstić information content (AvgIpc) is 2.73. The minimum absolute atomic E-state index is 0.484. The highest BCUT2D eigenvalue weighted by Crippen LogP contribution is 2.22. The van der Waals surface area contributed by atoms with Crippen molar-refractivity contribution in [1.82, 2.24) is 10.2 Å². The van der Waals surface area contributed by atoms with E-state index in [9.17, 15) is 0 Å². The van der Waals surface area contributed by atoms with Gasteiger partial charge in [0, 0.05) is 19.1 Å². The molecule has 0 bridgehead atoms. The van der Waals surface area contributed by atoms with Gasteiger partial charge in [-0.15, -0.1) is 0 Å². The van der Waals surface area contributed by atoms with Crippen LogP contribution >= 0.6 is 0 Å². The van der Waals surface area contributed by atoms with Crippen molar-refractivity contribution in [2.24, 2.45) is 5.92 Å². The second-order valence-corrected chi connectivity index (χ2v) is 6.48. The molecule has 2 saturated heterocycles. The van der Waals surface area contributed by atoms with Crippen LogP contribution in [0.25, 0.3) is 0 Å². The summed E-state index contributed by atoms with van der Waals surface area (Å²) in [6.45, 7) is 11.5. The summed E-state index contributed by atoms with van der Waals surface area (Å²) in [6, 6.07) is 0.611. The predicted molar refractivity (Wildman–Crippen MR) is 75.9 cm³/mol. The Morgan fingerprint density at radius 2 is 2.11 bits per heavy atom. The zero-order valence-electron chi connectivity index (χ0n) is 12.3. The quantitative estimate of drug-likeness (QED) is 0.814. The van der Waals surface area contributed by atoms with Gasteiger partial charge in [0.25, 0.3) is 0 Å². The molecule has 2 aliphatic rings. The van der Waals surface area contributed by atoms with Crippen LogP contribution in [0.3, 0.4) is 0 Å². The third-order valence-electron chi connectivity index (χ3n) is 4.20. The van der Waals surface area contributed by atoms with Crippen LogP contribution in [-0.2, 0) is 4.74 Å².